The van der Waals surface area contributed by atoms with Crippen molar-refractivity contribution >= 4 is 29.8 Å². The van der Waals surface area contributed by atoms with Crippen LogP contribution in [0.5, 0.6) is 0 Å². The van der Waals surface area contributed by atoms with Crippen LogP contribution in [0, 0.1) is 0 Å². The van der Waals surface area contributed by atoms with Gasteiger partial charge in [0.25, 0.3) is 5.91 Å². The minimum absolute atomic E-state index is 0.399. The highest BCUT2D eigenvalue weighted by atomic mass is 35.5. The number of hydrazone groups is 1. The molecule has 1 saturated heterocycles. The van der Waals surface area contributed by atoms with E-state index in [1.807, 2.05) is 37.3 Å². The Labute approximate surface area is 144 Å². The average Bonchev–Trinajstić information content (AvgIpc) is 2.86. The van der Waals surface area contributed by atoms with Gasteiger partial charge in [0, 0.05) is 10.6 Å². The number of nitrogens with one attached hydrogen (secondary N) is 1. The monoisotopic (exact) mass is 341 g/mol. The average molecular weight is 342 g/mol. The van der Waals surface area contributed by atoms with E-state index in [1.54, 1.807) is 24.3 Å². The molecule has 2 aromatic carbocycles. The molecule has 1 aliphatic heterocycles. The van der Waals surface area contributed by atoms with Crippen molar-refractivity contribution in [2.75, 3.05) is 0 Å². The summed E-state index contributed by atoms with van der Waals surface area (Å²) in [4.78, 5) is 25.2. The fourth-order valence-corrected chi connectivity index (χ4v) is 2.91. The predicted molar refractivity (Wildman–Crippen MR) is 92.8 cm³/mol. The zero-order valence-electron chi connectivity index (χ0n) is 13.1. The fraction of sp³-hybridized carbons (Fsp3) is 0.167. The second-order valence-electron chi connectivity index (χ2n) is 5.44. The second kappa shape index (κ2) is 6.45. The normalized spacial score (nSPS) is 20.7. The number of carbonyl (C=O) groups is 2. The molecular weight excluding hydrogens is 326 g/mol. The number of hydrogen-bond acceptors (Lipinski definition) is 3. The first kappa shape index (κ1) is 16.2. The molecule has 1 heterocycles. The van der Waals surface area contributed by atoms with Gasteiger partial charge in [-0.2, -0.15) is 5.10 Å². The summed E-state index contributed by atoms with van der Waals surface area (Å²) >= 11 is 6.07. The second-order valence-corrected chi connectivity index (χ2v) is 5.85. The van der Waals surface area contributed by atoms with Crippen LogP contribution >= 0.6 is 11.6 Å². The summed E-state index contributed by atoms with van der Waals surface area (Å²) in [6.07, 6.45) is 1.84. The van der Waals surface area contributed by atoms with E-state index < -0.39 is 17.5 Å². The lowest BCUT2D eigenvalue weighted by Crippen LogP contribution is -2.43. The van der Waals surface area contributed by atoms with Crippen molar-refractivity contribution in [3.63, 3.8) is 0 Å². The van der Waals surface area contributed by atoms with Crippen LogP contribution in [-0.4, -0.2) is 23.2 Å². The maximum atomic E-state index is 12.9. The van der Waals surface area contributed by atoms with Crippen molar-refractivity contribution in [2.45, 2.75) is 18.9 Å². The quantitative estimate of drug-likeness (QED) is 0.683. The molecule has 0 saturated carbocycles. The molecule has 0 bridgehead atoms. The minimum atomic E-state index is -1.09. The van der Waals surface area contributed by atoms with E-state index in [0.717, 1.165) is 10.6 Å². The minimum Gasteiger partial charge on any atom is -0.318 e. The molecule has 1 fully saturated rings. The zero-order valence-corrected chi connectivity index (χ0v) is 13.8. The summed E-state index contributed by atoms with van der Waals surface area (Å²) < 4.78 is 0. The summed E-state index contributed by atoms with van der Waals surface area (Å²) in [6.45, 7) is 1.85. The lowest BCUT2D eigenvalue weighted by atomic mass is 9.87. The lowest BCUT2D eigenvalue weighted by molar-refractivity contribution is -0.131. The molecule has 3 amide bonds. The number of hydrogen-bond donors (Lipinski definition) is 1. The summed E-state index contributed by atoms with van der Waals surface area (Å²) in [7, 11) is 0. The van der Waals surface area contributed by atoms with Gasteiger partial charge in [0.05, 0.1) is 6.21 Å². The molecule has 1 atom stereocenters. The highest BCUT2D eigenvalue weighted by Gasteiger charge is 2.51. The van der Waals surface area contributed by atoms with E-state index in [4.69, 9.17) is 11.6 Å². The first-order valence-corrected chi connectivity index (χ1v) is 7.97. The van der Waals surface area contributed by atoms with Crippen LogP contribution in [0.3, 0.4) is 0 Å². The van der Waals surface area contributed by atoms with Crippen LogP contribution < -0.4 is 5.32 Å². The van der Waals surface area contributed by atoms with Gasteiger partial charge in [0.1, 0.15) is 5.54 Å². The lowest BCUT2D eigenvalue weighted by Gasteiger charge is -2.24. The Hall–Kier alpha value is -2.66. The van der Waals surface area contributed by atoms with Crippen molar-refractivity contribution in [2.24, 2.45) is 5.10 Å². The van der Waals surface area contributed by atoms with Gasteiger partial charge in [-0.3, -0.25) is 4.79 Å². The van der Waals surface area contributed by atoms with Crippen molar-refractivity contribution in [1.29, 1.82) is 0 Å². The van der Waals surface area contributed by atoms with Crippen LogP contribution in [0.15, 0.2) is 59.7 Å². The highest BCUT2D eigenvalue weighted by Crippen LogP contribution is 2.32. The van der Waals surface area contributed by atoms with Crippen molar-refractivity contribution in [3.8, 4) is 0 Å². The Kier molecular flexibility index (Phi) is 4.36. The van der Waals surface area contributed by atoms with E-state index in [0.29, 0.717) is 17.0 Å². The molecule has 5 nitrogen and oxygen atoms in total. The molecule has 6 heteroatoms. The third kappa shape index (κ3) is 2.67. The Balaban J connectivity index is 1.93. The molecule has 2 aromatic rings. The molecule has 0 aliphatic carbocycles. The number of rotatable bonds is 4. The molecule has 3 rings (SSSR count). The highest BCUT2D eigenvalue weighted by molar-refractivity contribution is 6.33. The van der Waals surface area contributed by atoms with E-state index in [1.165, 1.54) is 6.21 Å². The van der Waals surface area contributed by atoms with Gasteiger partial charge in [-0.15, -0.1) is 5.01 Å². The Morgan fingerprint density at radius 2 is 1.79 bits per heavy atom. The van der Waals surface area contributed by atoms with Crippen LogP contribution in [0.1, 0.15) is 24.5 Å². The molecular formula is C18H16ClN3O2. The molecule has 0 radical (unpaired) electrons. The number of halogens is 1. The first-order valence-electron chi connectivity index (χ1n) is 7.59. The third-order valence-electron chi connectivity index (χ3n) is 4.08. The Morgan fingerprint density at radius 3 is 2.46 bits per heavy atom. The van der Waals surface area contributed by atoms with Crippen molar-refractivity contribution < 1.29 is 9.59 Å². The maximum Gasteiger partial charge on any atom is 0.346 e. The van der Waals surface area contributed by atoms with Gasteiger partial charge < -0.3 is 5.32 Å². The number of imide groups is 1. The van der Waals surface area contributed by atoms with Crippen LogP contribution in [-0.2, 0) is 10.3 Å². The van der Waals surface area contributed by atoms with Gasteiger partial charge in [0.15, 0.2) is 0 Å². The standard InChI is InChI=1S/C18H16ClN3O2/c1-2-18(14-9-4-3-5-10-14)16(23)22(17(24)21-18)20-12-13-8-6-7-11-15(13)19/h3-12H,2H2,1H3,(H,21,24)/b20-12-/t18-/m0/s1. The first-order chi connectivity index (χ1) is 11.6. The number of benzene rings is 2. The fourth-order valence-electron chi connectivity index (χ4n) is 2.73. The topological polar surface area (TPSA) is 61.8 Å². The van der Waals surface area contributed by atoms with Crippen molar-refractivity contribution in [3.05, 3.63) is 70.7 Å². The van der Waals surface area contributed by atoms with E-state index >= 15 is 0 Å². The molecule has 0 unspecified atom stereocenters. The smallest absolute Gasteiger partial charge is 0.318 e. The predicted octanol–water partition coefficient (Wildman–Crippen LogP) is 3.53. The van der Waals surface area contributed by atoms with Crippen molar-refractivity contribution in [1.82, 2.24) is 10.3 Å². The summed E-state index contributed by atoms with van der Waals surface area (Å²) in [5, 5.41) is 8.18. The van der Waals surface area contributed by atoms with Gasteiger partial charge in [0.2, 0.25) is 0 Å². The molecule has 0 aromatic heterocycles. The summed E-state index contributed by atoms with van der Waals surface area (Å²) in [5.74, 6) is -0.399. The molecule has 1 N–H and O–H groups in total. The summed E-state index contributed by atoms with van der Waals surface area (Å²) in [6, 6.07) is 15.7. The van der Waals surface area contributed by atoms with E-state index in [2.05, 4.69) is 10.4 Å². The number of carbonyl (C=O) groups excluding carboxylic acids is 2. The Morgan fingerprint density at radius 1 is 1.12 bits per heavy atom. The molecule has 0 spiro atoms. The molecule has 24 heavy (non-hydrogen) atoms. The van der Waals surface area contributed by atoms with Gasteiger partial charge in [-0.05, 0) is 18.1 Å². The number of amides is 3. The maximum absolute atomic E-state index is 12.9. The summed E-state index contributed by atoms with van der Waals surface area (Å²) in [5.41, 5.74) is 0.283. The van der Waals surface area contributed by atoms with Gasteiger partial charge in [-0.1, -0.05) is 67.1 Å². The zero-order chi connectivity index (χ0) is 17.2. The SMILES string of the molecule is CC[C@@]1(c2ccccc2)NC(=O)N(/N=C\c2ccccc2Cl)C1=O. The largest absolute Gasteiger partial charge is 0.346 e. The van der Waals surface area contributed by atoms with Gasteiger partial charge >= 0.3 is 6.03 Å². The molecule has 122 valence electrons. The molecule has 1 aliphatic rings. The number of nitrogens with zero attached hydrogens (tertiary/aromatic N) is 2. The third-order valence-corrected chi connectivity index (χ3v) is 4.43. The van der Waals surface area contributed by atoms with Crippen LogP contribution in [0.25, 0.3) is 0 Å². The van der Waals surface area contributed by atoms with E-state index in [9.17, 15) is 9.59 Å². The van der Waals surface area contributed by atoms with Crippen LogP contribution in [0.2, 0.25) is 5.02 Å². The van der Waals surface area contributed by atoms with E-state index in [-0.39, 0.29) is 0 Å². The van der Waals surface area contributed by atoms with Gasteiger partial charge in [-0.25, -0.2) is 4.79 Å². The van der Waals surface area contributed by atoms with Crippen LogP contribution in [0.4, 0.5) is 4.79 Å². The Bertz CT molecular complexity index is 807. The number of urea groups is 1.